The van der Waals surface area contributed by atoms with E-state index in [2.05, 4.69) is 0 Å². The molecule has 0 saturated heterocycles. The number of aromatic hydroxyl groups is 2. The zero-order valence-electron chi connectivity index (χ0n) is 12.7. The van der Waals surface area contributed by atoms with Gasteiger partial charge in [-0.25, -0.2) is 0 Å². The Labute approximate surface area is 132 Å². The second kappa shape index (κ2) is 5.72. The first-order valence-electron chi connectivity index (χ1n) is 7.01. The third-order valence-electron chi connectivity index (χ3n) is 3.79. The van der Waals surface area contributed by atoms with Gasteiger partial charge in [0.2, 0.25) is 0 Å². The van der Waals surface area contributed by atoms with Crippen molar-refractivity contribution in [2.24, 2.45) is 0 Å². The molecule has 0 radical (unpaired) electrons. The number of carbonyl (C=O) groups is 1. The molecule has 6 nitrogen and oxygen atoms in total. The standard InChI is InChI=1S/C17H16O6/c1-21-9-3-4-11(12(18)5-9)15-8-14(20)17-13(19)6-10(22-2)7-16(17)23-15/h3-7,15,18-19H,8H2,1-2H3. The fourth-order valence-corrected chi connectivity index (χ4v) is 2.63. The van der Waals surface area contributed by atoms with Crippen molar-refractivity contribution in [3.63, 3.8) is 0 Å². The van der Waals surface area contributed by atoms with Crippen LogP contribution in [0.5, 0.6) is 28.7 Å². The molecule has 2 aromatic carbocycles. The van der Waals surface area contributed by atoms with Crippen LogP contribution in [0.25, 0.3) is 0 Å². The molecule has 2 aromatic rings. The van der Waals surface area contributed by atoms with E-state index in [4.69, 9.17) is 14.2 Å². The molecule has 1 aliphatic rings. The van der Waals surface area contributed by atoms with E-state index in [0.29, 0.717) is 17.1 Å². The summed E-state index contributed by atoms with van der Waals surface area (Å²) in [7, 11) is 2.96. The van der Waals surface area contributed by atoms with Crippen LogP contribution in [0.4, 0.5) is 0 Å². The van der Waals surface area contributed by atoms with Gasteiger partial charge in [-0.05, 0) is 12.1 Å². The highest BCUT2D eigenvalue weighted by molar-refractivity contribution is 6.02. The molecule has 0 amide bonds. The van der Waals surface area contributed by atoms with Crippen LogP contribution in [0.1, 0.15) is 28.4 Å². The number of benzene rings is 2. The van der Waals surface area contributed by atoms with E-state index in [9.17, 15) is 15.0 Å². The Balaban J connectivity index is 2.00. The molecule has 6 heteroatoms. The number of phenolic OH excluding ortho intramolecular Hbond substituents is 2. The normalized spacial score (nSPS) is 16.4. The molecule has 2 N–H and O–H groups in total. The van der Waals surface area contributed by atoms with Crippen molar-refractivity contribution in [3.05, 3.63) is 41.5 Å². The summed E-state index contributed by atoms with van der Waals surface area (Å²) in [5.41, 5.74) is 0.613. The number of hydrogen-bond donors (Lipinski definition) is 2. The van der Waals surface area contributed by atoms with E-state index >= 15 is 0 Å². The summed E-state index contributed by atoms with van der Waals surface area (Å²) in [6.45, 7) is 0. The summed E-state index contributed by atoms with van der Waals surface area (Å²) >= 11 is 0. The smallest absolute Gasteiger partial charge is 0.174 e. The number of rotatable bonds is 3. The van der Waals surface area contributed by atoms with Gasteiger partial charge in [0.25, 0.3) is 0 Å². The van der Waals surface area contributed by atoms with Crippen LogP contribution in [-0.4, -0.2) is 30.2 Å². The van der Waals surface area contributed by atoms with Crippen LogP contribution < -0.4 is 14.2 Å². The Morgan fingerprint density at radius 2 is 1.74 bits per heavy atom. The SMILES string of the molecule is COc1ccc(C2CC(=O)c3c(O)cc(OC)cc3O2)c(O)c1. The lowest BCUT2D eigenvalue weighted by atomic mass is 9.95. The summed E-state index contributed by atoms with van der Waals surface area (Å²) in [6.07, 6.45) is -0.625. The van der Waals surface area contributed by atoms with Gasteiger partial charge in [-0.1, -0.05) is 0 Å². The minimum atomic E-state index is -0.646. The predicted octanol–water partition coefficient (Wildman–Crippen LogP) is 2.82. The van der Waals surface area contributed by atoms with Gasteiger partial charge in [0.05, 0.1) is 20.6 Å². The van der Waals surface area contributed by atoms with Crippen molar-refractivity contribution >= 4 is 5.78 Å². The van der Waals surface area contributed by atoms with Crippen LogP contribution in [0.2, 0.25) is 0 Å². The summed E-state index contributed by atoms with van der Waals surface area (Å²) < 4.78 is 15.9. The first kappa shape index (κ1) is 15.0. The summed E-state index contributed by atoms with van der Waals surface area (Å²) in [6, 6.07) is 7.70. The molecule has 1 unspecified atom stereocenters. The second-order valence-corrected chi connectivity index (χ2v) is 5.18. The highest BCUT2D eigenvalue weighted by atomic mass is 16.5. The molecular formula is C17H16O6. The number of ketones is 1. The van der Waals surface area contributed by atoms with Crippen molar-refractivity contribution in [2.75, 3.05) is 14.2 Å². The number of fused-ring (bicyclic) bond motifs is 1. The fourth-order valence-electron chi connectivity index (χ4n) is 2.63. The van der Waals surface area contributed by atoms with Gasteiger partial charge in [0.15, 0.2) is 5.78 Å². The summed E-state index contributed by atoms with van der Waals surface area (Å²) in [4.78, 5) is 12.3. The highest BCUT2D eigenvalue weighted by Crippen LogP contribution is 2.43. The zero-order valence-corrected chi connectivity index (χ0v) is 12.7. The van der Waals surface area contributed by atoms with Gasteiger partial charge in [-0.15, -0.1) is 0 Å². The highest BCUT2D eigenvalue weighted by Gasteiger charge is 2.32. The molecule has 0 aliphatic carbocycles. The molecule has 120 valence electrons. The quantitative estimate of drug-likeness (QED) is 0.905. The fraction of sp³-hybridized carbons (Fsp3) is 0.235. The molecule has 1 atom stereocenters. The largest absolute Gasteiger partial charge is 0.507 e. The average Bonchev–Trinajstić information content (AvgIpc) is 2.53. The molecule has 0 fully saturated rings. The van der Waals surface area contributed by atoms with Gasteiger partial charge < -0.3 is 24.4 Å². The van der Waals surface area contributed by atoms with Crippen LogP contribution in [0.15, 0.2) is 30.3 Å². The summed E-state index contributed by atoms with van der Waals surface area (Å²) in [5.74, 6) is 0.672. The summed E-state index contributed by atoms with van der Waals surface area (Å²) in [5, 5.41) is 20.1. The van der Waals surface area contributed by atoms with E-state index in [1.165, 1.54) is 26.4 Å². The monoisotopic (exact) mass is 316 g/mol. The van der Waals surface area contributed by atoms with Gasteiger partial charge in [-0.3, -0.25) is 4.79 Å². The molecule has 0 aromatic heterocycles. The van der Waals surface area contributed by atoms with Crippen molar-refractivity contribution in [1.29, 1.82) is 0 Å². The average molecular weight is 316 g/mol. The van der Waals surface area contributed by atoms with Gasteiger partial charge >= 0.3 is 0 Å². The molecule has 0 saturated carbocycles. The Hall–Kier alpha value is -2.89. The first-order chi connectivity index (χ1) is 11.0. The lowest BCUT2D eigenvalue weighted by molar-refractivity contribution is 0.0842. The third-order valence-corrected chi connectivity index (χ3v) is 3.79. The maximum atomic E-state index is 12.3. The molecule has 0 bridgehead atoms. The zero-order chi connectivity index (χ0) is 16.6. The first-order valence-corrected chi connectivity index (χ1v) is 7.01. The molecular weight excluding hydrogens is 300 g/mol. The van der Waals surface area contributed by atoms with Crippen molar-refractivity contribution in [3.8, 4) is 28.7 Å². The molecule has 1 aliphatic heterocycles. The maximum Gasteiger partial charge on any atom is 0.174 e. The van der Waals surface area contributed by atoms with Gasteiger partial charge in [0, 0.05) is 23.8 Å². The number of methoxy groups -OCH3 is 2. The number of ether oxygens (including phenoxy) is 3. The number of phenols is 2. The Kier molecular flexibility index (Phi) is 3.73. The molecule has 23 heavy (non-hydrogen) atoms. The van der Waals surface area contributed by atoms with Crippen LogP contribution >= 0.6 is 0 Å². The van der Waals surface area contributed by atoms with E-state index in [1.807, 2.05) is 0 Å². The van der Waals surface area contributed by atoms with Crippen LogP contribution in [0, 0.1) is 0 Å². The second-order valence-electron chi connectivity index (χ2n) is 5.18. The number of Topliss-reactive ketones (excluding diaryl/α,β-unsaturated/α-hetero) is 1. The minimum Gasteiger partial charge on any atom is -0.507 e. The molecule has 0 spiro atoms. The van der Waals surface area contributed by atoms with E-state index in [1.54, 1.807) is 18.2 Å². The minimum absolute atomic E-state index is 0.0160. The number of carbonyl (C=O) groups excluding carboxylic acids is 1. The Bertz CT molecular complexity index is 768. The van der Waals surface area contributed by atoms with E-state index in [-0.39, 0.29) is 35.0 Å². The van der Waals surface area contributed by atoms with E-state index in [0.717, 1.165) is 0 Å². The van der Waals surface area contributed by atoms with E-state index < -0.39 is 6.10 Å². The number of hydrogen-bond acceptors (Lipinski definition) is 6. The van der Waals surface area contributed by atoms with Crippen molar-refractivity contribution < 1.29 is 29.2 Å². The van der Waals surface area contributed by atoms with Crippen molar-refractivity contribution in [2.45, 2.75) is 12.5 Å². The molecule has 3 rings (SSSR count). The van der Waals surface area contributed by atoms with Crippen LogP contribution in [-0.2, 0) is 0 Å². The van der Waals surface area contributed by atoms with Gasteiger partial charge in [-0.2, -0.15) is 0 Å². The lowest BCUT2D eigenvalue weighted by Crippen LogP contribution is -2.20. The Morgan fingerprint density at radius 3 is 2.39 bits per heavy atom. The van der Waals surface area contributed by atoms with Crippen molar-refractivity contribution in [1.82, 2.24) is 0 Å². The third kappa shape index (κ3) is 2.63. The Morgan fingerprint density at radius 1 is 1.04 bits per heavy atom. The molecule has 1 heterocycles. The predicted molar refractivity (Wildman–Crippen MR) is 81.6 cm³/mol. The topological polar surface area (TPSA) is 85.2 Å². The maximum absolute atomic E-state index is 12.3. The van der Waals surface area contributed by atoms with Crippen LogP contribution in [0.3, 0.4) is 0 Å². The van der Waals surface area contributed by atoms with Gasteiger partial charge in [0.1, 0.15) is 40.4 Å². The lowest BCUT2D eigenvalue weighted by Gasteiger charge is -2.27.